The van der Waals surface area contributed by atoms with Crippen molar-refractivity contribution in [1.82, 2.24) is 4.90 Å². The second kappa shape index (κ2) is 13.2. The number of ether oxygens (including phenoxy) is 2. The van der Waals surface area contributed by atoms with Crippen LogP contribution in [0.3, 0.4) is 0 Å². The second-order valence-electron chi connectivity index (χ2n) is 15.3. The van der Waals surface area contributed by atoms with Gasteiger partial charge < -0.3 is 9.47 Å². The summed E-state index contributed by atoms with van der Waals surface area (Å²) in [5, 5.41) is 0. The molecule has 0 fully saturated rings. The van der Waals surface area contributed by atoms with Crippen LogP contribution in [0.15, 0.2) is 109 Å². The monoisotopic (exact) mass is 706 g/mol. The summed E-state index contributed by atoms with van der Waals surface area (Å²) >= 11 is 0. The van der Waals surface area contributed by atoms with Crippen molar-refractivity contribution in [3.05, 3.63) is 148 Å². The maximum absolute atomic E-state index is 13.6. The van der Waals surface area contributed by atoms with Crippen LogP contribution in [-0.4, -0.2) is 34.6 Å². The highest BCUT2D eigenvalue weighted by Crippen LogP contribution is 2.39. The van der Waals surface area contributed by atoms with Gasteiger partial charge in [0.1, 0.15) is 23.0 Å². The van der Waals surface area contributed by atoms with Gasteiger partial charge in [0.05, 0.1) is 27.9 Å². The molecule has 2 heterocycles. The van der Waals surface area contributed by atoms with Crippen LogP contribution in [0.5, 0.6) is 23.0 Å². The maximum Gasteiger partial charge on any atom is 0.266 e. The molecule has 0 bridgehead atoms. The minimum absolute atomic E-state index is 0.139. The molecule has 0 spiro atoms. The zero-order chi connectivity index (χ0) is 37.8. The first-order valence-electron chi connectivity index (χ1n) is 17.9. The fourth-order valence-corrected chi connectivity index (χ4v) is 6.85. The van der Waals surface area contributed by atoms with Crippen molar-refractivity contribution in [3.63, 3.8) is 0 Å². The summed E-state index contributed by atoms with van der Waals surface area (Å²) in [6.07, 6.45) is 0.677. The summed E-state index contributed by atoms with van der Waals surface area (Å²) in [6, 6.07) is 32.9. The molecule has 0 saturated heterocycles. The number of carbonyl (C=O) groups is 4. The van der Waals surface area contributed by atoms with E-state index in [4.69, 9.17) is 9.47 Å². The van der Waals surface area contributed by atoms with Crippen LogP contribution >= 0.6 is 0 Å². The molecule has 1 unspecified atom stereocenters. The Hall–Kier alpha value is -6.02. The molecule has 0 saturated carbocycles. The number of amides is 4. The molecule has 2 aliphatic rings. The predicted octanol–water partition coefficient (Wildman–Crippen LogP) is 10.1. The maximum atomic E-state index is 13.6. The minimum atomic E-state index is -0.474. The summed E-state index contributed by atoms with van der Waals surface area (Å²) in [6.45, 7) is 14.3. The Bertz CT molecular complexity index is 2320. The van der Waals surface area contributed by atoms with Gasteiger partial charge in [0, 0.05) is 11.5 Å². The first kappa shape index (κ1) is 35.4. The summed E-state index contributed by atoms with van der Waals surface area (Å²) < 4.78 is 12.5. The fourth-order valence-electron chi connectivity index (χ4n) is 6.85. The van der Waals surface area contributed by atoms with E-state index in [1.807, 2.05) is 80.6 Å². The third kappa shape index (κ3) is 6.39. The Morgan fingerprint density at radius 3 is 1.53 bits per heavy atom. The average molecular weight is 707 g/mol. The van der Waals surface area contributed by atoms with Gasteiger partial charge in [0.2, 0.25) is 0 Å². The Balaban J connectivity index is 1.09. The summed E-state index contributed by atoms with van der Waals surface area (Å²) in [7, 11) is 0. The largest absolute Gasteiger partial charge is 0.457 e. The van der Waals surface area contributed by atoms with E-state index < -0.39 is 5.41 Å². The van der Waals surface area contributed by atoms with Gasteiger partial charge in [-0.3, -0.25) is 24.1 Å². The number of benzene rings is 5. The first-order valence-corrected chi connectivity index (χ1v) is 17.9. The minimum Gasteiger partial charge on any atom is -0.457 e. The Labute approximate surface area is 310 Å². The van der Waals surface area contributed by atoms with Crippen LogP contribution in [0.4, 0.5) is 5.69 Å². The topological polar surface area (TPSA) is 93.2 Å². The van der Waals surface area contributed by atoms with E-state index in [0.717, 1.165) is 16.7 Å². The van der Waals surface area contributed by atoms with Gasteiger partial charge >= 0.3 is 0 Å². The average Bonchev–Trinajstić information content (AvgIpc) is 3.54. The molecule has 7 rings (SSSR count). The number of hydrogen-bond donors (Lipinski definition) is 0. The summed E-state index contributed by atoms with van der Waals surface area (Å²) in [5.74, 6) is 0.778. The molecular formula is C45H42N2O6. The Morgan fingerprint density at radius 1 is 0.528 bits per heavy atom. The molecule has 5 aromatic rings. The molecule has 5 aromatic carbocycles. The molecule has 2 aliphatic heterocycles. The van der Waals surface area contributed by atoms with Gasteiger partial charge in [-0.25, -0.2) is 4.90 Å². The van der Waals surface area contributed by atoms with E-state index in [1.54, 1.807) is 42.5 Å². The van der Waals surface area contributed by atoms with Crippen molar-refractivity contribution in [1.29, 1.82) is 0 Å². The van der Waals surface area contributed by atoms with Crippen molar-refractivity contribution < 1.29 is 28.7 Å². The predicted molar refractivity (Wildman–Crippen MR) is 205 cm³/mol. The van der Waals surface area contributed by atoms with E-state index in [2.05, 4.69) is 34.6 Å². The lowest BCUT2D eigenvalue weighted by atomic mass is 9.78. The fraction of sp³-hybridized carbons (Fsp3) is 0.244. The van der Waals surface area contributed by atoms with Crippen LogP contribution in [0.2, 0.25) is 0 Å². The third-order valence-corrected chi connectivity index (χ3v) is 10.3. The molecule has 53 heavy (non-hydrogen) atoms. The van der Waals surface area contributed by atoms with Crippen LogP contribution in [0.1, 0.15) is 113 Å². The van der Waals surface area contributed by atoms with Gasteiger partial charge in [0.25, 0.3) is 23.6 Å². The Morgan fingerprint density at radius 2 is 0.981 bits per heavy atom. The molecule has 0 aromatic heterocycles. The van der Waals surface area contributed by atoms with E-state index in [-0.39, 0.29) is 35.1 Å². The van der Waals surface area contributed by atoms with Gasteiger partial charge in [-0.05, 0) is 108 Å². The molecule has 0 N–H and O–H groups in total. The van der Waals surface area contributed by atoms with Crippen LogP contribution in [0.25, 0.3) is 0 Å². The van der Waals surface area contributed by atoms with E-state index in [0.29, 0.717) is 57.4 Å². The van der Waals surface area contributed by atoms with Gasteiger partial charge in [-0.15, -0.1) is 0 Å². The number of nitrogens with zero attached hydrogens (tertiary/aromatic N) is 2. The highest BCUT2D eigenvalue weighted by molar-refractivity contribution is 6.34. The van der Waals surface area contributed by atoms with Crippen molar-refractivity contribution in [2.75, 3.05) is 4.90 Å². The second-order valence-corrected chi connectivity index (χ2v) is 15.3. The van der Waals surface area contributed by atoms with Crippen molar-refractivity contribution in [2.45, 2.75) is 71.8 Å². The van der Waals surface area contributed by atoms with Gasteiger partial charge in [-0.1, -0.05) is 77.9 Å². The molecule has 4 amide bonds. The highest BCUT2D eigenvalue weighted by Gasteiger charge is 2.39. The molecule has 8 heteroatoms. The zero-order valence-electron chi connectivity index (χ0n) is 31.0. The van der Waals surface area contributed by atoms with Gasteiger partial charge in [-0.2, -0.15) is 0 Å². The number of rotatable bonds is 9. The third-order valence-electron chi connectivity index (χ3n) is 10.3. The zero-order valence-corrected chi connectivity index (χ0v) is 31.0. The lowest BCUT2D eigenvalue weighted by Gasteiger charge is -2.27. The SMILES string of the molecule is CCC(C)N1C(=O)c2ccc(Oc3cccc(C(C)(C)c4cccc(Oc5ccc6c(c5)C(=O)N(c5cccc(C(C)(C)C)c5)C6=O)c4)c3)cc2C1=O. The smallest absolute Gasteiger partial charge is 0.266 e. The number of carbonyl (C=O) groups excluding carboxylic acids is 4. The standard InChI is InChI=1S/C45H42N2O6/c1-8-27(2)46-40(48)36-20-18-34(25-38(36)42(46)50)52-32-16-10-13-29(23-32)45(6,7)30-14-11-17-33(24-30)53-35-19-21-37-39(26-35)43(51)47(41(37)49)31-15-9-12-28(22-31)44(3,4)5/h9-27H,8H2,1-7H3. The first-order chi connectivity index (χ1) is 25.2. The molecule has 1 atom stereocenters. The van der Waals surface area contributed by atoms with Gasteiger partial charge in [0.15, 0.2) is 0 Å². The molecular weight excluding hydrogens is 665 g/mol. The van der Waals surface area contributed by atoms with Crippen molar-refractivity contribution in [2.24, 2.45) is 0 Å². The normalized spacial score (nSPS) is 14.8. The summed E-state index contributed by atoms with van der Waals surface area (Å²) in [5.41, 5.74) is 4.31. The van der Waals surface area contributed by atoms with Crippen LogP contribution < -0.4 is 14.4 Å². The van der Waals surface area contributed by atoms with E-state index in [9.17, 15) is 19.2 Å². The Kier molecular flexibility index (Phi) is 8.81. The van der Waals surface area contributed by atoms with Crippen molar-refractivity contribution >= 4 is 29.3 Å². The quantitative estimate of drug-likeness (QED) is 0.142. The molecule has 268 valence electrons. The summed E-state index contributed by atoms with van der Waals surface area (Å²) in [4.78, 5) is 55.5. The lowest BCUT2D eigenvalue weighted by molar-refractivity contribution is 0.0592. The van der Waals surface area contributed by atoms with Crippen LogP contribution in [-0.2, 0) is 10.8 Å². The molecule has 8 nitrogen and oxygen atoms in total. The van der Waals surface area contributed by atoms with Crippen molar-refractivity contribution in [3.8, 4) is 23.0 Å². The molecule has 0 radical (unpaired) electrons. The van der Waals surface area contributed by atoms with Crippen LogP contribution in [0, 0.1) is 0 Å². The number of imide groups is 2. The lowest BCUT2D eigenvalue weighted by Crippen LogP contribution is -2.37. The van der Waals surface area contributed by atoms with E-state index in [1.165, 1.54) is 9.80 Å². The highest BCUT2D eigenvalue weighted by atomic mass is 16.5. The van der Waals surface area contributed by atoms with E-state index >= 15 is 0 Å². The molecule has 0 aliphatic carbocycles. The number of anilines is 1. The number of fused-ring (bicyclic) bond motifs is 2. The number of hydrogen-bond acceptors (Lipinski definition) is 6.